The minimum absolute atomic E-state index is 0.136. The van der Waals surface area contributed by atoms with Crippen molar-refractivity contribution in [1.29, 1.82) is 0 Å². The minimum Gasteiger partial charge on any atom is -0.398 e. The van der Waals surface area contributed by atoms with E-state index in [1.807, 2.05) is 0 Å². The maximum atomic E-state index is 12.2. The van der Waals surface area contributed by atoms with Crippen LogP contribution in [0.25, 0.3) is 0 Å². The van der Waals surface area contributed by atoms with Crippen LogP contribution < -0.4 is 5.73 Å². The zero-order valence-corrected chi connectivity index (χ0v) is 11.8. The van der Waals surface area contributed by atoms with Crippen molar-refractivity contribution in [2.75, 3.05) is 5.73 Å². The summed E-state index contributed by atoms with van der Waals surface area (Å²) in [4.78, 5) is 4.14. The molecule has 2 rings (SSSR count). The number of rotatable bonds is 3. The van der Waals surface area contributed by atoms with Gasteiger partial charge in [-0.25, -0.2) is 8.42 Å². The van der Waals surface area contributed by atoms with E-state index < -0.39 is 9.84 Å². The maximum Gasteiger partial charge on any atom is 0.186 e. The SMILES string of the molecule is Nc1cc(Br)ccc1S(=O)(=O)Cc1ccccn1. The Kier molecular flexibility index (Phi) is 3.68. The molecular formula is C12H11BrN2O2S. The van der Waals surface area contributed by atoms with E-state index in [9.17, 15) is 8.42 Å². The van der Waals surface area contributed by atoms with Crippen LogP contribution in [0.1, 0.15) is 5.69 Å². The number of aromatic nitrogens is 1. The van der Waals surface area contributed by atoms with Crippen LogP contribution in [0.4, 0.5) is 5.69 Å². The van der Waals surface area contributed by atoms with Crippen LogP contribution in [0, 0.1) is 0 Å². The molecule has 0 fully saturated rings. The van der Waals surface area contributed by atoms with Crippen LogP contribution in [-0.2, 0) is 15.6 Å². The van der Waals surface area contributed by atoms with Gasteiger partial charge < -0.3 is 5.73 Å². The molecule has 0 saturated heterocycles. The third-order valence-electron chi connectivity index (χ3n) is 2.37. The first-order chi connectivity index (χ1) is 8.49. The quantitative estimate of drug-likeness (QED) is 0.879. The highest BCUT2D eigenvalue weighted by Crippen LogP contribution is 2.25. The normalized spacial score (nSPS) is 11.4. The Morgan fingerprint density at radius 3 is 2.61 bits per heavy atom. The van der Waals surface area contributed by atoms with E-state index in [4.69, 9.17) is 5.73 Å². The van der Waals surface area contributed by atoms with Crippen molar-refractivity contribution >= 4 is 31.5 Å². The predicted molar refractivity (Wildman–Crippen MR) is 73.7 cm³/mol. The molecule has 0 saturated carbocycles. The van der Waals surface area contributed by atoms with Gasteiger partial charge in [0.2, 0.25) is 0 Å². The molecule has 0 spiro atoms. The molecule has 0 bridgehead atoms. The second-order valence-electron chi connectivity index (χ2n) is 3.76. The third-order valence-corrected chi connectivity index (χ3v) is 4.58. The molecule has 1 heterocycles. The van der Waals surface area contributed by atoms with E-state index in [1.54, 1.807) is 36.5 Å². The molecule has 0 aliphatic rings. The lowest BCUT2D eigenvalue weighted by molar-refractivity contribution is 0.595. The van der Waals surface area contributed by atoms with Gasteiger partial charge in [0, 0.05) is 10.7 Å². The highest BCUT2D eigenvalue weighted by molar-refractivity contribution is 9.10. The average molecular weight is 327 g/mol. The van der Waals surface area contributed by atoms with Crippen LogP contribution in [0.5, 0.6) is 0 Å². The van der Waals surface area contributed by atoms with Gasteiger partial charge in [0.1, 0.15) is 0 Å². The Labute approximate surface area is 114 Å². The largest absolute Gasteiger partial charge is 0.398 e. The molecule has 4 nitrogen and oxygen atoms in total. The van der Waals surface area contributed by atoms with Gasteiger partial charge in [0.25, 0.3) is 0 Å². The van der Waals surface area contributed by atoms with Crippen molar-refractivity contribution in [3.05, 3.63) is 52.8 Å². The standard InChI is InChI=1S/C12H11BrN2O2S/c13-9-4-5-12(11(14)7-9)18(16,17)8-10-3-1-2-6-15-10/h1-7H,8,14H2. The summed E-state index contributed by atoms with van der Waals surface area (Å²) in [6.45, 7) is 0. The first kappa shape index (κ1) is 13.0. The summed E-state index contributed by atoms with van der Waals surface area (Å²) in [7, 11) is -3.47. The van der Waals surface area contributed by atoms with Gasteiger partial charge in [0.05, 0.1) is 22.0 Å². The Bertz CT molecular complexity index is 657. The van der Waals surface area contributed by atoms with E-state index in [0.29, 0.717) is 5.69 Å². The van der Waals surface area contributed by atoms with Crippen LogP contribution in [0.2, 0.25) is 0 Å². The minimum atomic E-state index is -3.47. The Morgan fingerprint density at radius 2 is 2.00 bits per heavy atom. The van der Waals surface area contributed by atoms with Crippen molar-refractivity contribution in [3.8, 4) is 0 Å². The molecule has 2 aromatic rings. The van der Waals surface area contributed by atoms with Gasteiger partial charge in [-0.05, 0) is 30.3 Å². The second-order valence-corrected chi connectivity index (χ2v) is 6.64. The number of anilines is 1. The fourth-order valence-electron chi connectivity index (χ4n) is 1.56. The smallest absolute Gasteiger partial charge is 0.186 e. The van der Waals surface area contributed by atoms with E-state index in [0.717, 1.165) is 4.47 Å². The number of nitrogen functional groups attached to an aromatic ring is 1. The van der Waals surface area contributed by atoms with Crippen molar-refractivity contribution in [1.82, 2.24) is 4.98 Å². The lowest BCUT2D eigenvalue weighted by Crippen LogP contribution is -2.08. The number of nitrogens with two attached hydrogens (primary N) is 1. The van der Waals surface area contributed by atoms with Gasteiger partial charge in [-0.2, -0.15) is 0 Å². The summed E-state index contributed by atoms with van der Waals surface area (Å²) in [5.41, 5.74) is 6.47. The fraction of sp³-hybridized carbons (Fsp3) is 0.0833. The molecule has 1 aromatic heterocycles. The molecule has 0 unspecified atom stereocenters. The van der Waals surface area contributed by atoms with Gasteiger partial charge in [-0.1, -0.05) is 22.0 Å². The van der Waals surface area contributed by atoms with Gasteiger partial charge in [-0.3, -0.25) is 4.98 Å². The summed E-state index contributed by atoms with van der Waals surface area (Å²) in [6, 6.07) is 9.89. The third kappa shape index (κ3) is 2.88. The number of pyridine rings is 1. The molecule has 0 aliphatic heterocycles. The highest BCUT2D eigenvalue weighted by atomic mass is 79.9. The molecule has 0 aliphatic carbocycles. The molecular weight excluding hydrogens is 316 g/mol. The molecule has 2 N–H and O–H groups in total. The first-order valence-corrected chi connectivity index (χ1v) is 7.61. The Hall–Kier alpha value is -1.40. The zero-order chi connectivity index (χ0) is 13.2. The molecule has 0 amide bonds. The zero-order valence-electron chi connectivity index (χ0n) is 9.38. The Balaban J connectivity index is 2.37. The summed E-state index contributed by atoms with van der Waals surface area (Å²) in [6.07, 6.45) is 1.57. The molecule has 0 radical (unpaired) electrons. The van der Waals surface area contributed by atoms with E-state index in [2.05, 4.69) is 20.9 Å². The van der Waals surface area contributed by atoms with Crippen LogP contribution in [0.15, 0.2) is 52.0 Å². The number of sulfone groups is 1. The fourth-order valence-corrected chi connectivity index (χ4v) is 3.35. The molecule has 1 aromatic carbocycles. The van der Waals surface area contributed by atoms with Crippen LogP contribution in [0.3, 0.4) is 0 Å². The Morgan fingerprint density at radius 1 is 1.22 bits per heavy atom. The van der Waals surface area contributed by atoms with Gasteiger partial charge in [-0.15, -0.1) is 0 Å². The molecule has 0 atom stereocenters. The van der Waals surface area contributed by atoms with E-state index in [1.165, 1.54) is 6.07 Å². The number of halogens is 1. The highest BCUT2D eigenvalue weighted by Gasteiger charge is 2.18. The van der Waals surface area contributed by atoms with Crippen molar-refractivity contribution in [3.63, 3.8) is 0 Å². The summed E-state index contributed by atoms with van der Waals surface area (Å²) >= 11 is 3.24. The number of nitrogens with zero attached hydrogens (tertiary/aromatic N) is 1. The predicted octanol–water partition coefficient (Wildman–Crippen LogP) is 2.40. The lowest BCUT2D eigenvalue weighted by Gasteiger charge is -2.07. The summed E-state index contributed by atoms with van der Waals surface area (Å²) in [5.74, 6) is -0.153. The number of benzene rings is 1. The summed E-state index contributed by atoms with van der Waals surface area (Å²) in [5, 5.41) is 0. The lowest BCUT2D eigenvalue weighted by atomic mass is 10.3. The van der Waals surface area contributed by atoms with Crippen LogP contribution in [-0.4, -0.2) is 13.4 Å². The monoisotopic (exact) mass is 326 g/mol. The second kappa shape index (κ2) is 5.07. The van der Waals surface area contributed by atoms with Crippen molar-refractivity contribution < 1.29 is 8.42 Å². The van der Waals surface area contributed by atoms with Crippen LogP contribution >= 0.6 is 15.9 Å². The summed E-state index contributed by atoms with van der Waals surface area (Å²) < 4.78 is 25.1. The molecule has 6 heteroatoms. The van der Waals surface area contributed by atoms with E-state index in [-0.39, 0.29) is 16.3 Å². The first-order valence-electron chi connectivity index (χ1n) is 5.17. The number of hydrogen-bond acceptors (Lipinski definition) is 4. The topological polar surface area (TPSA) is 73.1 Å². The molecule has 18 heavy (non-hydrogen) atoms. The molecule has 94 valence electrons. The maximum absolute atomic E-state index is 12.2. The van der Waals surface area contributed by atoms with Crippen molar-refractivity contribution in [2.45, 2.75) is 10.6 Å². The van der Waals surface area contributed by atoms with E-state index >= 15 is 0 Å². The van der Waals surface area contributed by atoms with Gasteiger partial charge in [0.15, 0.2) is 9.84 Å². The average Bonchev–Trinajstić information content (AvgIpc) is 2.29. The van der Waals surface area contributed by atoms with Gasteiger partial charge >= 0.3 is 0 Å². The van der Waals surface area contributed by atoms with Crippen molar-refractivity contribution in [2.24, 2.45) is 0 Å². The number of hydrogen-bond donors (Lipinski definition) is 1.